The van der Waals surface area contributed by atoms with Gasteiger partial charge in [-0.2, -0.15) is 5.10 Å². The molecular formula is C17H24N4. The standard InChI is InChI=1S/C17H24N4/c1-13-5-7-16(8-6-13)21-17(18)10-15(19-21)12-20-9-3-4-14(2)11-20/h5-8,10,14H,3-4,9,11-12,18H2,1-2H3. The summed E-state index contributed by atoms with van der Waals surface area (Å²) in [5.41, 5.74) is 9.45. The van der Waals surface area contributed by atoms with Crippen molar-refractivity contribution in [1.82, 2.24) is 14.7 Å². The molecule has 4 nitrogen and oxygen atoms in total. The summed E-state index contributed by atoms with van der Waals surface area (Å²) in [5, 5.41) is 4.68. The number of rotatable bonds is 3. The zero-order chi connectivity index (χ0) is 14.8. The van der Waals surface area contributed by atoms with E-state index in [9.17, 15) is 0 Å². The lowest BCUT2D eigenvalue weighted by molar-refractivity contribution is 0.174. The van der Waals surface area contributed by atoms with Crippen LogP contribution in [0.5, 0.6) is 0 Å². The van der Waals surface area contributed by atoms with E-state index < -0.39 is 0 Å². The Balaban J connectivity index is 1.76. The molecule has 2 N–H and O–H groups in total. The van der Waals surface area contributed by atoms with Crippen LogP contribution in [0.2, 0.25) is 0 Å². The van der Waals surface area contributed by atoms with E-state index in [1.165, 1.54) is 24.9 Å². The number of hydrogen-bond donors (Lipinski definition) is 1. The summed E-state index contributed by atoms with van der Waals surface area (Å²) in [6, 6.07) is 10.3. The van der Waals surface area contributed by atoms with Gasteiger partial charge in [-0.1, -0.05) is 24.6 Å². The van der Waals surface area contributed by atoms with Crippen molar-refractivity contribution in [3.05, 3.63) is 41.6 Å². The maximum Gasteiger partial charge on any atom is 0.127 e. The first-order valence-electron chi connectivity index (χ1n) is 7.75. The summed E-state index contributed by atoms with van der Waals surface area (Å²) in [5.74, 6) is 1.49. The van der Waals surface area contributed by atoms with Gasteiger partial charge in [-0.25, -0.2) is 4.68 Å². The number of nitrogen functional groups attached to an aromatic ring is 1. The van der Waals surface area contributed by atoms with Crippen molar-refractivity contribution in [3.8, 4) is 5.69 Å². The lowest BCUT2D eigenvalue weighted by Crippen LogP contribution is -2.33. The number of aryl methyl sites for hydroxylation is 1. The molecule has 3 rings (SSSR count). The zero-order valence-corrected chi connectivity index (χ0v) is 12.9. The second-order valence-electron chi connectivity index (χ2n) is 6.29. The van der Waals surface area contributed by atoms with E-state index in [1.54, 1.807) is 0 Å². The summed E-state index contributed by atoms with van der Waals surface area (Å²) in [7, 11) is 0. The zero-order valence-electron chi connectivity index (χ0n) is 12.9. The Bertz CT molecular complexity index is 600. The molecule has 0 bridgehead atoms. The molecule has 1 unspecified atom stereocenters. The van der Waals surface area contributed by atoms with Gasteiger partial charge in [0.2, 0.25) is 0 Å². The van der Waals surface area contributed by atoms with Crippen molar-refractivity contribution in [2.45, 2.75) is 33.2 Å². The maximum absolute atomic E-state index is 6.13. The third-order valence-electron chi connectivity index (χ3n) is 4.19. The molecule has 2 aromatic rings. The van der Waals surface area contributed by atoms with E-state index in [0.717, 1.165) is 30.4 Å². The van der Waals surface area contributed by atoms with Gasteiger partial charge in [0.15, 0.2) is 0 Å². The highest BCUT2D eigenvalue weighted by atomic mass is 15.3. The van der Waals surface area contributed by atoms with Crippen LogP contribution in [0.1, 0.15) is 31.0 Å². The van der Waals surface area contributed by atoms with Gasteiger partial charge >= 0.3 is 0 Å². The highest BCUT2D eigenvalue weighted by molar-refractivity contribution is 5.43. The molecule has 0 radical (unpaired) electrons. The molecule has 1 aliphatic rings. The average Bonchev–Trinajstić information content (AvgIpc) is 2.80. The van der Waals surface area contributed by atoms with Crippen LogP contribution in [-0.2, 0) is 6.54 Å². The summed E-state index contributed by atoms with van der Waals surface area (Å²) < 4.78 is 1.84. The third kappa shape index (κ3) is 3.27. The van der Waals surface area contributed by atoms with E-state index in [1.807, 2.05) is 10.7 Å². The molecule has 4 heteroatoms. The molecule has 0 amide bonds. The van der Waals surface area contributed by atoms with Crippen molar-refractivity contribution >= 4 is 5.82 Å². The number of aromatic nitrogens is 2. The van der Waals surface area contributed by atoms with Crippen molar-refractivity contribution < 1.29 is 0 Å². The summed E-state index contributed by atoms with van der Waals surface area (Å²) in [6.45, 7) is 7.64. The topological polar surface area (TPSA) is 47.1 Å². The maximum atomic E-state index is 6.13. The van der Waals surface area contributed by atoms with E-state index in [0.29, 0.717) is 5.82 Å². The molecule has 2 heterocycles. The monoisotopic (exact) mass is 284 g/mol. The second kappa shape index (κ2) is 5.90. The highest BCUT2D eigenvalue weighted by Gasteiger charge is 2.18. The number of likely N-dealkylation sites (tertiary alicyclic amines) is 1. The van der Waals surface area contributed by atoms with Gasteiger partial charge in [-0.05, 0) is 44.4 Å². The van der Waals surface area contributed by atoms with Crippen LogP contribution < -0.4 is 5.73 Å². The Kier molecular flexibility index (Phi) is 3.97. The average molecular weight is 284 g/mol. The molecule has 1 saturated heterocycles. The Morgan fingerprint density at radius 3 is 2.76 bits per heavy atom. The van der Waals surface area contributed by atoms with Gasteiger partial charge in [0, 0.05) is 19.2 Å². The summed E-state index contributed by atoms with van der Waals surface area (Å²) in [4.78, 5) is 2.48. The fourth-order valence-corrected chi connectivity index (χ4v) is 3.08. The number of anilines is 1. The second-order valence-corrected chi connectivity index (χ2v) is 6.29. The molecule has 112 valence electrons. The van der Waals surface area contributed by atoms with Crippen LogP contribution in [-0.4, -0.2) is 27.8 Å². The molecule has 1 fully saturated rings. The van der Waals surface area contributed by atoms with Crippen LogP contribution in [0.4, 0.5) is 5.82 Å². The van der Waals surface area contributed by atoms with Gasteiger partial charge in [0.1, 0.15) is 5.82 Å². The van der Waals surface area contributed by atoms with Gasteiger partial charge in [0.25, 0.3) is 0 Å². The smallest absolute Gasteiger partial charge is 0.127 e. The molecule has 1 atom stereocenters. The van der Waals surface area contributed by atoms with Crippen molar-refractivity contribution in [2.24, 2.45) is 5.92 Å². The Hall–Kier alpha value is -1.81. The van der Waals surface area contributed by atoms with Crippen LogP contribution in [0.25, 0.3) is 5.69 Å². The minimum atomic E-state index is 0.707. The van der Waals surface area contributed by atoms with Crippen LogP contribution in [0.15, 0.2) is 30.3 Å². The fourth-order valence-electron chi connectivity index (χ4n) is 3.08. The van der Waals surface area contributed by atoms with E-state index in [4.69, 9.17) is 5.73 Å². The first-order valence-corrected chi connectivity index (χ1v) is 7.75. The van der Waals surface area contributed by atoms with Gasteiger partial charge in [-0.15, -0.1) is 0 Å². The molecule has 0 spiro atoms. The molecule has 21 heavy (non-hydrogen) atoms. The molecule has 0 saturated carbocycles. The van der Waals surface area contributed by atoms with Crippen LogP contribution >= 0.6 is 0 Å². The minimum absolute atomic E-state index is 0.707. The molecule has 0 aliphatic carbocycles. The van der Waals surface area contributed by atoms with Crippen LogP contribution in [0.3, 0.4) is 0 Å². The molecule has 1 aromatic heterocycles. The first-order chi connectivity index (χ1) is 10.1. The number of benzene rings is 1. The van der Waals surface area contributed by atoms with Crippen LogP contribution in [0, 0.1) is 12.8 Å². The number of nitrogens with zero attached hydrogens (tertiary/aromatic N) is 3. The van der Waals surface area contributed by atoms with E-state index in [2.05, 4.69) is 48.1 Å². The highest BCUT2D eigenvalue weighted by Crippen LogP contribution is 2.20. The SMILES string of the molecule is Cc1ccc(-n2nc(CN3CCCC(C)C3)cc2N)cc1. The van der Waals surface area contributed by atoms with Crippen molar-refractivity contribution in [2.75, 3.05) is 18.8 Å². The predicted molar refractivity (Wildman–Crippen MR) is 86.4 cm³/mol. The lowest BCUT2D eigenvalue weighted by atomic mass is 10.0. The Morgan fingerprint density at radius 2 is 2.05 bits per heavy atom. The number of hydrogen-bond acceptors (Lipinski definition) is 3. The summed E-state index contributed by atoms with van der Waals surface area (Å²) in [6.07, 6.45) is 2.63. The number of nitrogens with two attached hydrogens (primary N) is 1. The van der Waals surface area contributed by atoms with Crippen molar-refractivity contribution in [3.63, 3.8) is 0 Å². The fraction of sp³-hybridized carbons (Fsp3) is 0.471. The predicted octanol–water partition coefficient (Wildman–Crippen LogP) is 2.99. The normalized spacial score (nSPS) is 19.8. The third-order valence-corrected chi connectivity index (χ3v) is 4.19. The molecular weight excluding hydrogens is 260 g/mol. The molecule has 1 aliphatic heterocycles. The first kappa shape index (κ1) is 14.1. The van der Waals surface area contributed by atoms with E-state index in [-0.39, 0.29) is 0 Å². The Morgan fingerprint density at radius 1 is 1.29 bits per heavy atom. The van der Waals surface area contributed by atoms with Crippen molar-refractivity contribution in [1.29, 1.82) is 0 Å². The largest absolute Gasteiger partial charge is 0.384 e. The van der Waals surface area contributed by atoms with E-state index >= 15 is 0 Å². The minimum Gasteiger partial charge on any atom is -0.384 e. The van der Waals surface area contributed by atoms with Gasteiger partial charge in [-0.3, -0.25) is 4.90 Å². The number of piperidine rings is 1. The Labute approximate surface area is 126 Å². The van der Waals surface area contributed by atoms with Gasteiger partial charge < -0.3 is 5.73 Å². The molecule has 1 aromatic carbocycles. The van der Waals surface area contributed by atoms with Gasteiger partial charge in [0.05, 0.1) is 11.4 Å². The quantitative estimate of drug-likeness (QED) is 0.942. The lowest BCUT2D eigenvalue weighted by Gasteiger charge is -2.30. The summed E-state index contributed by atoms with van der Waals surface area (Å²) >= 11 is 0.